The van der Waals surface area contributed by atoms with Crippen LogP contribution in [0.1, 0.15) is 15.9 Å². The number of carboxylic acid groups (broad SMARTS) is 1. The van der Waals surface area contributed by atoms with Gasteiger partial charge in [0.2, 0.25) is 5.13 Å². The van der Waals surface area contributed by atoms with E-state index in [4.69, 9.17) is 5.11 Å². The molecule has 3 rings (SSSR count). The summed E-state index contributed by atoms with van der Waals surface area (Å²) in [5.41, 5.74) is 0.396. The smallest absolute Gasteiger partial charge is 0.341 e. The maximum absolute atomic E-state index is 12.3. The molecular weight excluding hydrogens is 302 g/mol. The van der Waals surface area contributed by atoms with E-state index >= 15 is 0 Å². The molecule has 22 heavy (non-hydrogen) atoms. The highest BCUT2D eigenvalue weighted by atomic mass is 32.1. The van der Waals surface area contributed by atoms with E-state index in [0.29, 0.717) is 16.5 Å². The van der Waals surface area contributed by atoms with Gasteiger partial charge >= 0.3 is 5.97 Å². The minimum Gasteiger partial charge on any atom is -0.477 e. The SMILES string of the molecule is Cc1ccn(-c2nc(-c3ccccc3)ns2)c(=O)c1C(=O)O. The zero-order chi connectivity index (χ0) is 15.7. The second-order valence-corrected chi connectivity index (χ2v) is 5.35. The summed E-state index contributed by atoms with van der Waals surface area (Å²) in [7, 11) is 0. The molecule has 3 aromatic rings. The van der Waals surface area contributed by atoms with Gasteiger partial charge in [-0.2, -0.15) is 9.36 Å². The topological polar surface area (TPSA) is 85.1 Å². The number of rotatable bonds is 3. The highest BCUT2D eigenvalue weighted by Gasteiger charge is 2.17. The predicted molar refractivity (Wildman–Crippen MR) is 82.6 cm³/mol. The number of aryl methyl sites for hydroxylation is 1. The quantitative estimate of drug-likeness (QED) is 0.802. The van der Waals surface area contributed by atoms with Gasteiger partial charge < -0.3 is 5.11 Å². The van der Waals surface area contributed by atoms with E-state index in [-0.39, 0.29) is 5.56 Å². The van der Waals surface area contributed by atoms with Crippen LogP contribution in [0.2, 0.25) is 0 Å². The Kier molecular flexibility index (Phi) is 3.56. The number of aromatic nitrogens is 3. The summed E-state index contributed by atoms with van der Waals surface area (Å²) in [5, 5.41) is 9.49. The molecule has 1 aromatic carbocycles. The van der Waals surface area contributed by atoms with Crippen molar-refractivity contribution in [2.24, 2.45) is 0 Å². The molecule has 0 radical (unpaired) electrons. The van der Waals surface area contributed by atoms with E-state index in [2.05, 4.69) is 9.36 Å². The number of benzene rings is 1. The largest absolute Gasteiger partial charge is 0.477 e. The lowest BCUT2D eigenvalue weighted by molar-refractivity contribution is 0.0694. The lowest BCUT2D eigenvalue weighted by Gasteiger charge is -2.04. The highest BCUT2D eigenvalue weighted by Crippen LogP contribution is 2.19. The van der Waals surface area contributed by atoms with Crippen LogP contribution in [-0.4, -0.2) is 25.0 Å². The van der Waals surface area contributed by atoms with Crippen LogP contribution in [0.15, 0.2) is 47.4 Å². The van der Waals surface area contributed by atoms with Gasteiger partial charge in [-0.25, -0.2) is 4.79 Å². The lowest BCUT2D eigenvalue weighted by atomic mass is 10.1. The minimum absolute atomic E-state index is 0.251. The Morgan fingerprint density at radius 2 is 1.95 bits per heavy atom. The van der Waals surface area contributed by atoms with Crippen molar-refractivity contribution < 1.29 is 9.90 Å². The van der Waals surface area contributed by atoms with Crippen molar-refractivity contribution in [2.45, 2.75) is 6.92 Å². The predicted octanol–water partition coefficient (Wildman–Crippen LogP) is 2.36. The summed E-state index contributed by atoms with van der Waals surface area (Å²) in [5.74, 6) is -0.741. The Morgan fingerprint density at radius 1 is 1.23 bits per heavy atom. The maximum atomic E-state index is 12.3. The molecule has 0 atom stereocenters. The zero-order valence-corrected chi connectivity index (χ0v) is 12.4. The number of hydrogen-bond donors (Lipinski definition) is 1. The molecule has 6 nitrogen and oxygen atoms in total. The van der Waals surface area contributed by atoms with Crippen molar-refractivity contribution in [3.63, 3.8) is 0 Å². The lowest BCUT2D eigenvalue weighted by Crippen LogP contribution is -2.25. The number of carbonyl (C=O) groups is 1. The molecule has 0 saturated carbocycles. The maximum Gasteiger partial charge on any atom is 0.341 e. The van der Waals surface area contributed by atoms with Gasteiger partial charge in [0.15, 0.2) is 5.82 Å². The molecule has 0 bridgehead atoms. The van der Waals surface area contributed by atoms with Crippen LogP contribution in [0.4, 0.5) is 0 Å². The monoisotopic (exact) mass is 313 g/mol. The third-order valence-corrected chi connectivity index (χ3v) is 3.88. The van der Waals surface area contributed by atoms with Crippen LogP contribution in [-0.2, 0) is 0 Å². The molecule has 2 aromatic heterocycles. The summed E-state index contributed by atoms with van der Waals surface area (Å²) < 4.78 is 5.43. The first-order chi connectivity index (χ1) is 10.6. The number of carboxylic acids is 1. The number of pyridine rings is 1. The van der Waals surface area contributed by atoms with Crippen LogP contribution in [0.5, 0.6) is 0 Å². The molecule has 7 heteroatoms. The van der Waals surface area contributed by atoms with Crippen molar-refractivity contribution in [1.82, 2.24) is 13.9 Å². The van der Waals surface area contributed by atoms with Gasteiger partial charge in [-0.1, -0.05) is 30.3 Å². The third kappa shape index (κ3) is 2.42. The van der Waals surface area contributed by atoms with Crippen molar-refractivity contribution in [3.8, 4) is 16.5 Å². The second kappa shape index (κ2) is 5.53. The number of nitrogens with zero attached hydrogens (tertiary/aromatic N) is 3. The first-order valence-corrected chi connectivity index (χ1v) is 7.20. The fraction of sp³-hybridized carbons (Fsp3) is 0.0667. The van der Waals surface area contributed by atoms with E-state index in [1.165, 1.54) is 10.8 Å². The molecule has 0 aliphatic carbocycles. The molecular formula is C15H11N3O3S. The Bertz CT molecular complexity index is 900. The molecule has 0 unspecified atom stereocenters. The van der Waals surface area contributed by atoms with Crippen molar-refractivity contribution in [2.75, 3.05) is 0 Å². The summed E-state index contributed by atoms with van der Waals surface area (Å²) >= 11 is 1.05. The van der Waals surface area contributed by atoms with Crippen molar-refractivity contribution in [3.05, 3.63) is 64.1 Å². The molecule has 2 heterocycles. The molecule has 0 aliphatic rings. The van der Waals surface area contributed by atoms with Gasteiger partial charge in [0, 0.05) is 23.3 Å². The highest BCUT2D eigenvalue weighted by molar-refractivity contribution is 7.08. The van der Waals surface area contributed by atoms with Gasteiger partial charge in [0.05, 0.1) is 0 Å². The summed E-state index contributed by atoms with van der Waals surface area (Å²) in [4.78, 5) is 27.8. The average Bonchev–Trinajstić information content (AvgIpc) is 2.97. The Labute approximate surface area is 129 Å². The molecule has 0 fully saturated rings. The first kappa shape index (κ1) is 14.2. The third-order valence-electron chi connectivity index (χ3n) is 3.17. The second-order valence-electron chi connectivity index (χ2n) is 4.62. The Morgan fingerprint density at radius 3 is 2.64 bits per heavy atom. The standard InChI is InChI=1S/C15H11N3O3S/c1-9-7-8-18(13(19)11(9)14(20)21)15-16-12(17-22-15)10-5-3-2-4-6-10/h2-8H,1H3,(H,20,21). The van der Waals surface area contributed by atoms with E-state index in [0.717, 1.165) is 17.1 Å². The molecule has 0 amide bonds. The summed E-state index contributed by atoms with van der Waals surface area (Å²) in [6.07, 6.45) is 1.51. The van der Waals surface area contributed by atoms with Crippen molar-refractivity contribution in [1.29, 1.82) is 0 Å². The van der Waals surface area contributed by atoms with Crippen LogP contribution in [0.3, 0.4) is 0 Å². The van der Waals surface area contributed by atoms with E-state index in [1.54, 1.807) is 13.0 Å². The van der Waals surface area contributed by atoms with E-state index < -0.39 is 11.5 Å². The number of aromatic carboxylic acids is 1. The zero-order valence-electron chi connectivity index (χ0n) is 11.6. The van der Waals surface area contributed by atoms with Gasteiger partial charge in [0.25, 0.3) is 5.56 Å². The Balaban J connectivity index is 2.10. The van der Waals surface area contributed by atoms with Gasteiger partial charge in [-0.05, 0) is 18.6 Å². The molecule has 0 aliphatic heterocycles. The molecule has 0 saturated heterocycles. The normalized spacial score (nSPS) is 10.6. The van der Waals surface area contributed by atoms with Crippen LogP contribution < -0.4 is 5.56 Å². The minimum atomic E-state index is -1.25. The van der Waals surface area contributed by atoms with Crippen molar-refractivity contribution >= 4 is 17.5 Å². The van der Waals surface area contributed by atoms with E-state index in [9.17, 15) is 9.59 Å². The van der Waals surface area contributed by atoms with Crippen LogP contribution in [0.25, 0.3) is 16.5 Å². The summed E-state index contributed by atoms with van der Waals surface area (Å²) in [6, 6.07) is 10.9. The Hall–Kier alpha value is -2.80. The molecule has 110 valence electrons. The molecule has 0 spiro atoms. The van der Waals surface area contributed by atoms with Gasteiger partial charge in [0.1, 0.15) is 5.56 Å². The van der Waals surface area contributed by atoms with Crippen LogP contribution >= 0.6 is 11.5 Å². The average molecular weight is 313 g/mol. The fourth-order valence-corrected chi connectivity index (χ4v) is 2.73. The van der Waals surface area contributed by atoms with Gasteiger partial charge in [-0.3, -0.25) is 9.36 Å². The summed E-state index contributed by atoms with van der Waals surface area (Å²) in [6.45, 7) is 1.59. The van der Waals surface area contributed by atoms with Crippen LogP contribution in [0, 0.1) is 6.92 Å². The fourth-order valence-electron chi connectivity index (χ4n) is 2.06. The number of hydrogen-bond acceptors (Lipinski definition) is 5. The first-order valence-electron chi connectivity index (χ1n) is 6.43. The van der Waals surface area contributed by atoms with Gasteiger partial charge in [-0.15, -0.1) is 0 Å². The van der Waals surface area contributed by atoms with E-state index in [1.807, 2.05) is 30.3 Å². The molecule has 1 N–H and O–H groups in total.